The van der Waals surface area contributed by atoms with Gasteiger partial charge in [-0.3, -0.25) is 9.89 Å². The van der Waals surface area contributed by atoms with Crippen molar-refractivity contribution in [3.63, 3.8) is 0 Å². The van der Waals surface area contributed by atoms with Gasteiger partial charge in [-0.1, -0.05) is 0 Å². The highest BCUT2D eigenvalue weighted by molar-refractivity contribution is 14.0. The quantitative estimate of drug-likeness (QED) is 0.406. The Morgan fingerprint density at radius 1 is 1.36 bits per heavy atom. The van der Waals surface area contributed by atoms with E-state index in [0.717, 1.165) is 30.6 Å². The topological polar surface area (TPSA) is 62.9 Å². The van der Waals surface area contributed by atoms with Crippen molar-refractivity contribution in [3.8, 4) is 5.75 Å². The molecule has 0 spiro atoms. The molecule has 0 aliphatic heterocycles. The van der Waals surface area contributed by atoms with Crippen molar-refractivity contribution in [1.29, 1.82) is 0 Å². The van der Waals surface area contributed by atoms with Crippen LogP contribution in [0, 0.1) is 0 Å². The van der Waals surface area contributed by atoms with Gasteiger partial charge in [0.2, 0.25) is 0 Å². The molecule has 3 N–H and O–H groups in total. The fourth-order valence-corrected chi connectivity index (χ4v) is 2.42. The van der Waals surface area contributed by atoms with Crippen LogP contribution in [0.5, 0.6) is 5.75 Å². The van der Waals surface area contributed by atoms with E-state index in [1.165, 1.54) is 12.8 Å². The number of guanidine groups is 1. The fraction of sp³-hybridized carbons (Fsp3) is 0.562. The van der Waals surface area contributed by atoms with Crippen LogP contribution in [-0.2, 0) is 0 Å². The average molecular weight is 418 g/mol. The maximum atomic E-state index is 5.92. The molecule has 1 fully saturated rings. The van der Waals surface area contributed by atoms with Gasteiger partial charge >= 0.3 is 0 Å². The van der Waals surface area contributed by atoms with Gasteiger partial charge in [-0.15, -0.1) is 24.0 Å². The molecule has 0 radical (unpaired) electrons. The summed E-state index contributed by atoms with van der Waals surface area (Å²) in [4.78, 5) is 6.91. The van der Waals surface area contributed by atoms with Gasteiger partial charge in [-0.05, 0) is 51.0 Å². The first-order valence-corrected chi connectivity index (χ1v) is 7.57. The number of benzene rings is 1. The third kappa shape index (κ3) is 6.00. The zero-order valence-electron chi connectivity index (χ0n) is 13.6. The van der Waals surface area contributed by atoms with E-state index in [9.17, 15) is 0 Å². The molecule has 1 aliphatic rings. The number of aliphatic imine (C=N–C) groups is 1. The summed E-state index contributed by atoms with van der Waals surface area (Å²) in [6, 6.07) is 8.96. The lowest BCUT2D eigenvalue weighted by molar-refractivity contribution is 0.218. The van der Waals surface area contributed by atoms with Gasteiger partial charge in [0.15, 0.2) is 5.96 Å². The lowest BCUT2D eigenvalue weighted by Crippen LogP contribution is -2.35. The fourth-order valence-electron chi connectivity index (χ4n) is 2.42. The van der Waals surface area contributed by atoms with Crippen molar-refractivity contribution in [3.05, 3.63) is 24.3 Å². The normalized spacial score (nSPS) is 14.9. The maximum Gasteiger partial charge on any atom is 0.193 e. The van der Waals surface area contributed by atoms with E-state index in [-0.39, 0.29) is 24.0 Å². The van der Waals surface area contributed by atoms with E-state index in [1.54, 1.807) is 7.11 Å². The number of nitrogens with zero attached hydrogens (tertiary/aromatic N) is 2. The maximum absolute atomic E-state index is 5.92. The predicted octanol–water partition coefficient (Wildman–Crippen LogP) is 2.91. The molecular formula is C16H27IN4O. The third-order valence-corrected chi connectivity index (χ3v) is 3.68. The van der Waals surface area contributed by atoms with E-state index in [0.29, 0.717) is 12.0 Å². The van der Waals surface area contributed by atoms with Crippen molar-refractivity contribution in [2.75, 3.05) is 25.5 Å². The molecule has 6 heteroatoms. The molecular weight excluding hydrogens is 391 g/mol. The Labute approximate surface area is 150 Å². The van der Waals surface area contributed by atoms with E-state index >= 15 is 0 Å². The zero-order valence-corrected chi connectivity index (χ0v) is 15.9. The molecule has 124 valence electrons. The summed E-state index contributed by atoms with van der Waals surface area (Å²) in [5.41, 5.74) is 6.84. The van der Waals surface area contributed by atoms with E-state index in [4.69, 9.17) is 10.5 Å². The Hall–Kier alpha value is -1.02. The smallest absolute Gasteiger partial charge is 0.193 e. The first kappa shape index (κ1) is 19.0. The summed E-state index contributed by atoms with van der Waals surface area (Å²) >= 11 is 0. The Bertz CT molecular complexity index is 470. The van der Waals surface area contributed by atoms with Gasteiger partial charge in [-0.2, -0.15) is 0 Å². The lowest BCUT2D eigenvalue weighted by atomic mass is 10.3. The second-order valence-electron chi connectivity index (χ2n) is 5.68. The van der Waals surface area contributed by atoms with E-state index in [1.807, 2.05) is 24.3 Å². The molecule has 0 saturated heterocycles. The molecule has 0 amide bonds. The second-order valence-corrected chi connectivity index (χ2v) is 5.68. The second kappa shape index (κ2) is 9.19. The Balaban J connectivity index is 0.00000242. The average Bonchev–Trinajstić information content (AvgIpc) is 3.28. The summed E-state index contributed by atoms with van der Waals surface area (Å²) in [7, 11) is 1.65. The van der Waals surface area contributed by atoms with Gasteiger partial charge in [0.1, 0.15) is 5.75 Å². The zero-order chi connectivity index (χ0) is 15.2. The van der Waals surface area contributed by atoms with Crippen molar-refractivity contribution in [2.45, 2.75) is 38.8 Å². The number of methoxy groups -OCH3 is 1. The van der Waals surface area contributed by atoms with Crippen LogP contribution < -0.4 is 15.8 Å². The first-order chi connectivity index (χ1) is 10.1. The molecule has 22 heavy (non-hydrogen) atoms. The number of hydrogen-bond acceptors (Lipinski definition) is 3. The number of halogens is 1. The molecule has 0 unspecified atom stereocenters. The van der Waals surface area contributed by atoms with Crippen molar-refractivity contribution >= 4 is 35.6 Å². The highest BCUT2D eigenvalue weighted by Crippen LogP contribution is 2.28. The molecule has 0 atom stereocenters. The Kier molecular flexibility index (Phi) is 7.95. The highest BCUT2D eigenvalue weighted by Gasteiger charge is 2.29. The number of ether oxygens (including phenoxy) is 1. The third-order valence-electron chi connectivity index (χ3n) is 3.68. The minimum atomic E-state index is 0. The number of hydrogen-bond donors (Lipinski definition) is 2. The predicted molar refractivity (Wildman–Crippen MR) is 103 cm³/mol. The molecule has 0 bridgehead atoms. The van der Waals surface area contributed by atoms with E-state index < -0.39 is 0 Å². The SMILES string of the molecule is COc1ccc(NC(N)=NCCN(C(C)C)C2CC2)cc1.I. The van der Waals surface area contributed by atoms with Crippen LogP contribution in [0.15, 0.2) is 29.3 Å². The largest absolute Gasteiger partial charge is 0.497 e. The Morgan fingerprint density at radius 2 is 2.00 bits per heavy atom. The van der Waals surface area contributed by atoms with Crippen molar-refractivity contribution < 1.29 is 4.74 Å². The number of anilines is 1. The summed E-state index contributed by atoms with van der Waals surface area (Å²) < 4.78 is 5.12. The van der Waals surface area contributed by atoms with Crippen LogP contribution in [0.1, 0.15) is 26.7 Å². The van der Waals surface area contributed by atoms with Crippen molar-refractivity contribution in [2.24, 2.45) is 10.7 Å². The van der Waals surface area contributed by atoms with Gasteiger partial charge < -0.3 is 15.8 Å². The summed E-state index contributed by atoms with van der Waals surface area (Å²) in [5, 5.41) is 3.09. The first-order valence-electron chi connectivity index (χ1n) is 7.57. The Morgan fingerprint density at radius 3 is 2.50 bits per heavy atom. The van der Waals surface area contributed by atoms with Gasteiger partial charge in [-0.25, -0.2) is 0 Å². The van der Waals surface area contributed by atoms with E-state index in [2.05, 4.69) is 29.1 Å². The number of nitrogens with two attached hydrogens (primary N) is 1. The van der Waals surface area contributed by atoms with Crippen LogP contribution in [0.4, 0.5) is 5.69 Å². The van der Waals surface area contributed by atoms with Gasteiger partial charge in [0.05, 0.1) is 13.7 Å². The van der Waals surface area contributed by atoms with Gasteiger partial charge in [0, 0.05) is 24.3 Å². The summed E-state index contributed by atoms with van der Waals surface area (Å²) in [6.45, 7) is 6.17. The van der Waals surface area contributed by atoms with Crippen LogP contribution in [0.2, 0.25) is 0 Å². The number of nitrogens with one attached hydrogen (secondary N) is 1. The molecule has 1 aromatic carbocycles. The van der Waals surface area contributed by atoms with Crippen LogP contribution in [0.3, 0.4) is 0 Å². The lowest BCUT2D eigenvalue weighted by Gasteiger charge is -2.25. The molecule has 0 heterocycles. The summed E-state index contributed by atoms with van der Waals surface area (Å²) in [5.74, 6) is 1.28. The van der Waals surface area contributed by atoms with Crippen LogP contribution in [-0.4, -0.2) is 43.1 Å². The number of rotatable bonds is 7. The minimum absolute atomic E-state index is 0. The standard InChI is InChI=1S/C16H26N4O.HI/c1-12(2)20(14-6-7-14)11-10-18-16(17)19-13-4-8-15(21-3)9-5-13;/h4-5,8-9,12,14H,6-7,10-11H2,1-3H3,(H3,17,18,19);1H. The highest BCUT2D eigenvalue weighted by atomic mass is 127. The molecule has 1 saturated carbocycles. The molecule has 1 aromatic rings. The van der Waals surface area contributed by atoms with Crippen molar-refractivity contribution in [1.82, 2.24) is 4.90 Å². The monoisotopic (exact) mass is 418 g/mol. The van der Waals surface area contributed by atoms with Crippen LogP contribution in [0.25, 0.3) is 0 Å². The molecule has 0 aromatic heterocycles. The molecule has 1 aliphatic carbocycles. The molecule has 5 nitrogen and oxygen atoms in total. The molecule has 2 rings (SSSR count). The van der Waals surface area contributed by atoms with Gasteiger partial charge in [0.25, 0.3) is 0 Å². The van der Waals surface area contributed by atoms with Crippen LogP contribution >= 0.6 is 24.0 Å². The minimum Gasteiger partial charge on any atom is -0.497 e. The summed E-state index contributed by atoms with van der Waals surface area (Å²) in [6.07, 6.45) is 2.64.